The Balaban J connectivity index is 3.12. The molecule has 0 radical (unpaired) electrons. The monoisotopic (exact) mass is 846 g/mol. The van der Waals surface area contributed by atoms with Crippen molar-refractivity contribution in [3.8, 4) is 0 Å². The molecule has 0 aliphatic heterocycles. The highest BCUT2D eigenvalue weighted by Crippen LogP contribution is 2.13. The van der Waals surface area contributed by atoms with E-state index >= 15 is 0 Å². The summed E-state index contributed by atoms with van der Waals surface area (Å²) in [6.45, 7) is 13.9. The summed E-state index contributed by atoms with van der Waals surface area (Å²) in [6, 6.07) is 0. The molecule has 0 aliphatic rings. The molecule has 0 aromatic heterocycles. The zero-order valence-corrected chi connectivity index (χ0v) is 35.6. The number of carbonyl (C=O) groups excluding carboxylic acids is 1. The number of rotatable bonds is 49. The number of halogens is 1. The molecular formula is C40H79BrO13. The summed E-state index contributed by atoms with van der Waals surface area (Å²) in [5.74, 6) is -0.132. The second kappa shape index (κ2) is 50.5. The molecule has 0 fully saturated rings. The Bertz CT molecular complexity index is 696. The minimum atomic E-state index is -0.132. The van der Waals surface area contributed by atoms with Crippen molar-refractivity contribution in [1.82, 2.24) is 0 Å². The van der Waals surface area contributed by atoms with E-state index in [9.17, 15) is 4.79 Å². The number of hydrogen-bond acceptors (Lipinski definition) is 13. The number of alkyl halides is 1. The van der Waals surface area contributed by atoms with Gasteiger partial charge in [0.15, 0.2) is 0 Å². The summed E-state index contributed by atoms with van der Waals surface area (Å²) in [7, 11) is 0. The number of carbonyl (C=O) groups is 1. The van der Waals surface area contributed by atoms with Gasteiger partial charge in [0.25, 0.3) is 0 Å². The van der Waals surface area contributed by atoms with Gasteiger partial charge in [0.2, 0.25) is 0 Å². The van der Waals surface area contributed by atoms with Gasteiger partial charge in [-0.05, 0) is 6.42 Å². The van der Waals surface area contributed by atoms with Crippen molar-refractivity contribution in [2.75, 3.05) is 157 Å². The molecule has 0 atom stereocenters. The van der Waals surface area contributed by atoms with E-state index in [1.165, 1.54) is 70.6 Å². The van der Waals surface area contributed by atoms with Crippen molar-refractivity contribution < 1.29 is 61.6 Å². The van der Waals surface area contributed by atoms with E-state index in [0.717, 1.165) is 18.2 Å². The fraction of sp³-hybridized carbons (Fsp3) is 0.975. The lowest BCUT2D eigenvalue weighted by atomic mass is 10.0. The van der Waals surface area contributed by atoms with Crippen LogP contribution in [-0.2, 0) is 61.6 Å². The van der Waals surface area contributed by atoms with Crippen molar-refractivity contribution >= 4 is 21.9 Å². The topological polar surface area (TPSA) is 128 Å². The fourth-order valence-electron chi connectivity index (χ4n) is 4.93. The van der Waals surface area contributed by atoms with Crippen LogP contribution in [0.3, 0.4) is 0 Å². The van der Waals surface area contributed by atoms with E-state index < -0.39 is 0 Å². The minimum Gasteiger partial charge on any atom is -0.463 e. The van der Waals surface area contributed by atoms with Crippen molar-refractivity contribution in [2.45, 2.75) is 96.8 Å². The van der Waals surface area contributed by atoms with Crippen LogP contribution in [0.4, 0.5) is 0 Å². The molecule has 13 nitrogen and oxygen atoms in total. The van der Waals surface area contributed by atoms with Crippen LogP contribution in [0, 0.1) is 0 Å². The predicted molar refractivity (Wildman–Crippen MR) is 214 cm³/mol. The smallest absolute Gasteiger partial charge is 0.305 e. The maximum absolute atomic E-state index is 11.9. The van der Waals surface area contributed by atoms with Gasteiger partial charge in [-0.25, -0.2) is 0 Å². The van der Waals surface area contributed by atoms with Gasteiger partial charge in [0.1, 0.15) is 6.61 Å². The molecule has 0 N–H and O–H groups in total. The van der Waals surface area contributed by atoms with Gasteiger partial charge in [-0.15, -0.1) is 0 Å². The van der Waals surface area contributed by atoms with Gasteiger partial charge in [-0.3, -0.25) is 4.79 Å². The lowest BCUT2D eigenvalue weighted by molar-refractivity contribution is -0.145. The van der Waals surface area contributed by atoms with Gasteiger partial charge in [0.05, 0.1) is 145 Å². The normalized spacial score (nSPS) is 11.5. The average Bonchev–Trinajstić information content (AvgIpc) is 3.18. The van der Waals surface area contributed by atoms with Crippen LogP contribution in [-0.4, -0.2) is 163 Å². The fourth-order valence-corrected chi connectivity index (χ4v) is 5.16. The maximum Gasteiger partial charge on any atom is 0.305 e. The van der Waals surface area contributed by atoms with Gasteiger partial charge in [-0.1, -0.05) is 99.9 Å². The Morgan fingerprint density at radius 2 is 0.537 bits per heavy atom. The average molecular weight is 848 g/mol. The molecular weight excluding hydrogens is 768 g/mol. The lowest BCUT2D eigenvalue weighted by Crippen LogP contribution is -2.15. The summed E-state index contributed by atoms with van der Waals surface area (Å²) in [4.78, 5) is 11.9. The summed E-state index contributed by atoms with van der Waals surface area (Å²) in [5, 5.41) is 0.836. The molecule has 0 aliphatic carbocycles. The largest absolute Gasteiger partial charge is 0.463 e. The molecule has 0 heterocycles. The Kier molecular flexibility index (Phi) is 50.1. The first kappa shape index (κ1) is 53.5. The van der Waals surface area contributed by atoms with Gasteiger partial charge in [-0.2, -0.15) is 0 Å². The van der Waals surface area contributed by atoms with Crippen molar-refractivity contribution in [3.63, 3.8) is 0 Å². The Morgan fingerprint density at radius 1 is 0.315 bits per heavy atom. The molecule has 54 heavy (non-hydrogen) atoms. The quantitative estimate of drug-likeness (QED) is 0.0372. The molecule has 0 unspecified atom stereocenters. The zero-order chi connectivity index (χ0) is 38.9. The molecule has 14 heteroatoms. The third kappa shape index (κ3) is 49.5. The molecule has 0 spiro atoms. The Morgan fingerprint density at radius 3 is 0.796 bits per heavy atom. The molecule has 0 aromatic carbocycles. The van der Waals surface area contributed by atoms with Gasteiger partial charge in [0, 0.05) is 11.8 Å². The van der Waals surface area contributed by atoms with E-state index in [2.05, 4.69) is 22.9 Å². The minimum absolute atomic E-state index is 0.132. The molecule has 324 valence electrons. The molecule has 0 saturated heterocycles. The van der Waals surface area contributed by atoms with Crippen LogP contribution >= 0.6 is 15.9 Å². The Labute approximate surface area is 336 Å². The summed E-state index contributed by atoms with van der Waals surface area (Å²) >= 11 is 3.30. The maximum atomic E-state index is 11.9. The molecule has 0 rings (SSSR count). The summed E-state index contributed by atoms with van der Waals surface area (Å²) in [5.41, 5.74) is 0. The van der Waals surface area contributed by atoms with Crippen molar-refractivity contribution in [3.05, 3.63) is 0 Å². The standard InChI is InChI=1S/C40H79BrO13/c1-2-3-4-5-6-7-8-9-10-11-12-13-14-15-40(42)54-39-38-53-37-36-52-35-34-51-33-32-50-31-30-49-29-28-48-27-26-47-25-24-46-23-22-45-21-20-44-19-18-43-17-16-41/h2-39H2,1H3. The summed E-state index contributed by atoms with van der Waals surface area (Å²) in [6.07, 6.45) is 17.3. The first-order chi connectivity index (χ1) is 26.8. The first-order valence-corrected chi connectivity index (χ1v) is 22.0. The van der Waals surface area contributed by atoms with Crippen LogP contribution in [0.15, 0.2) is 0 Å². The highest BCUT2D eigenvalue weighted by molar-refractivity contribution is 9.09. The van der Waals surface area contributed by atoms with Crippen LogP contribution in [0.2, 0.25) is 0 Å². The highest BCUT2D eigenvalue weighted by Gasteiger charge is 2.03. The third-order valence-electron chi connectivity index (χ3n) is 7.92. The molecule has 0 saturated carbocycles. The predicted octanol–water partition coefficient (Wildman–Crippen LogP) is 6.59. The van der Waals surface area contributed by atoms with Crippen LogP contribution in [0.5, 0.6) is 0 Å². The van der Waals surface area contributed by atoms with E-state index in [1.54, 1.807) is 0 Å². The summed E-state index contributed by atoms with van der Waals surface area (Å²) < 4.78 is 65.3. The Hall–Kier alpha value is -0.490. The van der Waals surface area contributed by atoms with E-state index in [1.807, 2.05) is 0 Å². The van der Waals surface area contributed by atoms with E-state index in [0.29, 0.717) is 152 Å². The van der Waals surface area contributed by atoms with Crippen LogP contribution in [0.25, 0.3) is 0 Å². The number of esters is 1. The lowest BCUT2D eigenvalue weighted by Gasteiger charge is -2.09. The molecule has 0 bridgehead atoms. The van der Waals surface area contributed by atoms with Gasteiger partial charge >= 0.3 is 5.97 Å². The zero-order valence-electron chi connectivity index (χ0n) is 34.1. The number of hydrogen-bond donors (Lipinski definition) is 0. The second-order valence-electron chi connectivity index (χ2n) is 12.6. The SMILES string of the molecule is CCCCCCCCCCCCCCCC(=O)OCCOCCOCCOCCOCCOCCOCCOCCOCCOCCOCCOCCBr. The highest BCUT2D eigenvalue weighted by atomic mass is 79.9. The second-order valence-corrected chi connectivity index (χ2v) is 13.4. The number of unbranched alkanes of at least 4 members (excludes halogenated alkanes) is 12. The van der Waals surface area contributed by atoms with E-state index in [-0.39, 0.29) is 12.6 Å². The van der Waals surface area contributed by atoms with Gasteiger partial charge < -0.3 is 56.8 Å². The van der Waals surface area contributed by atoms with E-state index in [4.69, 9.17) is 56.8 Å². The first-order valence-electron chi connectivity index (χ1n) is 20.9. The number of ether oxygens (including phenoxy) is 12. The third-order valence-corrected chi connectivity index (χ3v) is 8.24. The van der Waals surface area contributed by atoms with Crippen molar-refractivity contribution in [1.29, 1.82) is 0 Å². The van der Waals surface area contributed by atoms with Crippen LogP contribution in [0.1, 0.15) is 96.8 Å². The van der Waals surface area contributed by atoms with Crippen LogP contribution < -0.4 is 0 Å². The molecule has 0 aromatic rings. The molecule has 0 amide bonds. The van der Waals surface area contributed by atoms with Crippen molar-refractivity contribution in [2.24, 2.45) is 0 Å².